The summed E-state index contributed by atoms with van der Waals surface area (Å²) in [5.41, 5.74) is 0.704. The van der Waals surface area contributed by atoms with Crippen LogP contribution in [-0.2, 0) is 11.3 Å². The first kappa shape index (κ1) is 13.8. The number of aliphatic carboxylic acids is 1. The van der Waals surface area contributed by atoms with E-state index < -0.39 is 12.0 Å². The molecule has 1 aromatic carbocycles. The Morgan fingerprint density at radius 1 is 1.25 bits per heavy atom. The molecule has 0 spiro atoms. The van der Waals surface area contributed by atoms with Crippen molar-refractivity contribution in [1.29, 1.82) is 0 Å². The number of aromatic hydroxyl groups is 1. The van der Waals surface area contributed by atoms with E-state index in [0.717, 1.165) is 0 Å². The standard InChI is InChI=1S/C14H14N2O4/c17-11-5-3-9(4-6-11)12(14(19)20)16-8-10-2-1-7-15-13(10)18/h1-7,12,16-17H,8H2,(H,15,18)(H,19,20). The second-order valence-corrected chi connectivity index (χ2v) is 4.27. The van der Waals surface area contributed by atoms with Gasteiger partial charge in [0, 0.05) is 18.3 Å². The Kier molecular flexibility index (Phi) is 4.17. The lowest BCUT2D eigenvalue weighted by atomic mass is 10.1. The first-order valence-corrected chi connectivity index (χ1v) is 5.99. The summed E-state index contributed by atoms with van der Waals surface area (Å²) in [7, 11) is 0. The molecular formula is C14H14N2O4. The van der Waals surface area contributed by atoms with Crippen molar-refractivity contribution >= 4 is 5.97 Å². The minimum absolute atomic E-state index is 0.0670. The van der Waals surface area contributed by atoms with Crippen molar-refractivity contribution < 1.29 is 15.0 Å². The molecule has 1 atom stereocenters. The summed E-state index contributed by atoms with van der Waals surface area (Å²) >= 11 is 0. The Bertz CT molecular complexity index is 649. The number of hydrogen-bond donors (Lipinski definition) is 4. The second-order valence-electron chi connectivity index (χ2n) is 4.27. The number of pyridine rings is 1. The number of phenolic OH excluding ortho intramolecular Hbond substituents is 1. The van der Waals surface area contributed by atoms with Gasteiger partial charge >= 0.3 is 5.97 Å². The zero-order valence-corrected chi connectivity index (χ0v) is 10.5. The van der Waals surface area contributed by atoms with Crippen molar-refractivity contribution in [3.63, 3.8) is 0 Å². The predicted octanol–water partition coefficient (Wildman–Crippen LogP) is 0.996. The average Bonchev–Trinajstić information content (AvgIpc) is 2.42. The molecule has 2 aromatic rings. The van der Waals surface area contributed by atoms with Gasteiger partial charge in [-0.25, -0.2) is 0 Å². The number of nitrogens with one attached hydrogen (secondary N) is 2. The van der Waals surface area contributed by atoms with Crippen molar-refractivity contribution in [2.75, 3.05) is 0 Å². The maximum absolute atomic E-state index is 11.5. The number of benzene rings is 1. The van der Waals surface area contributed by atoms with Gasteiger partial charge in [0.05, 0.1) is 0 Å². The molecule has 0 bridgehead atoms. The van der Waals surface area contributed by atoms with Crippen LogP contribution in [0.3, 0.4) is 0 Å². The fourth-order valence-electron chi connectivity index (χ4n) is 1.82. The van der Waals surface area contributed by atoms with E-state index in [4.69, 9.17) is 0 Å². The van der Waals surface area contributed by atoms with Crippen molar-refractivity contribution in [2.24, 2.45) is 0 Å². The molecule has 0 saturated heterocycles. The van der Waals surface area contributed by atoms with Gasteiger partial charge in [-0.2, -0.15) is 0 Å². The smallest absolute Gasteiger partial charge is 0.325 e. The van der Waals surface area contributed by atoms with Gasteiger partial charge in [0.1, 0.15) is 11.8 Å². The molecule has 0 fully saturated rings. The maximum Gasteiger partial charge on any atom is 0.325 e. The number of aromatic nitrogens is 1. The molecule has 0 aliphatic rings. The number of hydrogen-bond acceptors (Lipinski definition) is 4. The third-order valence-corrected chi connectivity index (χ3v) is 2.87. The molecule has 0 amide bonds. The fourth-order valence-corrected chi connectivity index (χ4v) is 1.82. The molecule has 4 N–H and O–H groups in total. The van der Waals surface area contributed by atoms with Crippen LogP contribution in [0.15, 0.2) is 47.4 Å². The molecule has 2 rings (SSSR count). The number of H-pyrrole nitrogens is 1. The van der Waals surface area contributed by atoms with E-state index in [1.54, 1.807) is 12.1 Å². The SMILES string of the molecule is O=C(O)C(NCc1ccc[nH]c1=O)c1ccc(O)cc1. The van der Waals surface area contributed by atoms with E-state index in [1.807, 2.05) is 0 Å². The van der Waals surface area contributed by atoms with Crippen LogP contribution in [0, 0.1) is 0 Å². The van der Waals surface area contributed by atoms with Crippen LogP contribution in [0.4, 0.5) is 0 Å². The number of carboxylic acid groups (broad SMARTS) is 1. The number of aromatic amines is 1. The normalized spacial score (nSPS) is 12.0. The maximum atomic E-state index is 11.5. The molecule has 0 aliphatic heterocycles. The van der Waals surface area contributed by atoms with E-state index in [-0.39, 0.29) is 17.9 Å². The van der Waals surface area contributed by atoms with Crippen molar-refractivity contribution in [2.45, 2.75) is 12.6 Å². The summed E-state index contributed by atoms with van der Waals surface area (Å²) in [6, 6.07) is 8.24. The summed E-state index contributed by atoms with van der Waals surface area (Å²) in [6.07, 6.45) is 1.51. The van der Waals surface area contributed by atoms with Gasteiger partial charge in [0.15, 0.2) is 0 Å². The lowest BCUT2D eigenvalue weighted by Crippen LogP contribution is -2.30. The molecule has 104 valence electrons. The van der Waals surface area contributed by atoms with Gasteiger partial charge in [-0.3, -0.25) is 14.9 Å². The number of rotatable bonds is 5. The van der Waals surface area contributed by atoms with Crippen LogP contribution in [-0.4, -0.2) is 21.2 Å². The lowest BCUT2D eigenvalue weighted by molar-refractivity contribution is -0.139. The van der Waals surface area contributed by atoms with Crippen LogP contribution in [0.5, 0.6) is 5.75 Å². The number of phenols is 1. The zero-order chi connectivity index (χ0) is 14.5. The Morgan fingerprint density at radius 3 is 2.55 bits per heavy atom. The minimum atomic E-state index is -1.05. The van der Waals surface area contributed by atoms with E-state index in [1.165, 1.54) is 30.5 Å². The van der Waals surface area contributed by atoms with Gasteiger partial charge in [-0.05, 0) is 23.8 Å². The first-order chi connectivity index (χ1) is 9.58. The highest BCUT2D eigenvalue weighted by Gasteiger charge is 2.19. The largest absolute Gasteiger partial charge is 0.508 e. The molecule has 1 heterocycles. The molecule has 6 heteroatoms. The van der Waals surface area contributed by atoms with Crippen molar-refractivity contribution in [3.8, 4) is 5.75 Å². The molecule has 1 aromatic heterocycles. The molecule has 20 heavy (non-hydrogen) atoms. The lowest BCUT2D eigenvalue weighted by Gasteiger charge is -2.14. The molecular weight excluding hydrogens is 260 g/mol. The molecule has 6 nitrogen and oxygen atoms in total. The van der Waals surface area contributed by atoms with Crippen LogP contribution in [0.2, 0.25) is 0 Å². The van der Waals surface area contributed by atoms with Crippen LogP contribution in [0.1, 0.15) is 17.2 Å². The van der Waals surface area contributed by atoms with E-state index in [2.05, 4.69) is 10.3 Å². The van der Waals surface area contributed by atoms with Crippen molar-refractivity contribution in [3.05, 3.63) is 64.1 Å². The number of carboxylic acids is 1. The Hall–Kier alpha value is -2.60. The third-order valence-electron chi connectivity index (χ3n) is 2.87. The molecule has 0 aliphatic carbocycles. The summed E-state index contributed by atoms with van der Waals surface area (Å²) in [5, 5.41) is 21.3. The summed E-state index contributed by atoms with van der Waals surface area (Å²) in [4.78, 5) is 25.3. The number of carbonyl (C=O) groups is 1. The van der Waals surface area contributed by atoms with E-state index in [0.29, 0.717) is 11.1 Å². The van der Waals surface area contributed by atoms with Crippen LogP contribution < -0.4 is 10.9 Å². The quantitative estimate of drug-likeness (QED) is 0.651. The second kappa shape index (κ2) is 6.03. The monoisotopic (exact) mass is 274 g/mol. The minimum Gasteiger partial charge on any atom is -0.508 e. The summed E-state index contributed by atoms with van der Waals surface area (Å²) in [6.45, 7) is 0.133. The molecule has 0 saturated carbocycles. The first-order valence-electron chi connectivity index (χ1n) is 5.99. The average molecular weight is 274 g/mol. The third kappa shape index (κ3) is 3.24. The highest BCUT2D eigenvalue weighted by Crippen LogP contribution is 2.17. The van der Waals surface area contributed by atoms with Gasteiger partial charge in [0.25, 0.3) is 5.56 Å². The van der Waals surface area contributed by atoms with E-state index in [9.17, 15) is 19.8 Å². The van der Waals surface area contributed by atoms with Gasteiger partial charge in [0.2, 0.25) is 0 Å². The molecule has 1 unspecified atom stereocenters. The van der Waals surface area contributed by atoms with Gasteiger partial charge in [-0.15, -0.1) is 0 Å². The van der Waals surface area contributed by atoms with Gasteiger partial charge in [-0.1, -0.05) is 18.2 Å². The topological polar surface area (TPSA) is 102 Å². The Morgan fingerprint density at radius 2 is 1.95 bits per heavy atom. The summed E-state index contributed by atoms with van der Waals surface area (Å²) in [5.74, 6) is -0.986. The molecule has 0 radical (unpaired) electrons. The Labute approximate surface area is 114 Å². The van der Waals surface area contributed by atoms with Crippen LogP contribution >= 0.6 is 0 Å². The summed E-state index contributed by atoms with van der Waals surface area (Å²) < 4.78 is 0. The van der Waals surface area contributed by atoms with Crippen LogP contribution in [0.25, 0.3) is 0 Å². The van der Waals surface area contributed by atoms with E-state index >= 15 is 0 Å². The Balaban J connectivity index is 2.15. The fraction of sp³-hybridized carbons (Fsp3) is 0.143. The predicted molar refractivity (Wildman–Crippen MR) is 72.4 cm³/mol. The van der Waals surface area contributed by atoms with Crippen molar-refractivity contribution in [1.82, 2.24) is 10.3 Å². The zero-order valence-electron chi connectivity index (χ0n) is 10.5. The van der Waals surface area contributed by atoms with Gasteiger partial charge < -0.3 is 15.2 Å². The highest BCUT2D eigenvalue weighted by molar-refractivity contribution is 5.75. The highest BCUT2D eigenvalue weighted by atomic mass is 16.4.